The van der Waals surface area contributed by atoms with Gasteiger partial charge in [0.05, 0.1) is 0 Å². The fraction of sp³-hybridized carbons (Fsp3) is 0.158. The normalized spacial score (nSPS) is 10.4. The van der Waals surface area contributed by atoms with Crippen molar-refractivity contribution >= 4 is 34.6 Å². The van der Waals surface area contributed by atoms with Crippen molar-refractivity contribution in [1.29, 1.82) is 0 Å². The van der Waals surface area contributed by atoms with Gasteiger partial charge in [0, 0.05) is 54.6 Å². The smallest absolute Gasteiger partial charge is 0.252 e. The quantitative estimate of drug-likeness (QED) is 0.614. The molecule has 2 heterocycles. The summed E-state index contributed by atoms with van der Waals surface area (Å²) in [5, 5.41) is 9.02. The van der Waals surface area contributed by atoms with E-state index in [4.69, 9.17) is 0 Å². The van der Waals surface area contributed by atoms with Crippen molar-refractivity contribution in [3.05, 3.63) is 70.4 Å². The van der Waals surface area contributed by atoms with Crippen molar-refractivity contribution in [3.63, 3.8) is 0 Å². The SMILES string of the molecule is Cn1ccnc1C(=O)c1ccc(NC(=O)CCNC(=O)c2ccsc2)cc1. The van der Waals surface area contributed by atoms with E-state index in [-0.39, 0.29) is 30.6 Å². The standard InChI is InChI=1S/C19H18N4O3S/c1-23-10-9-20-18(23)17(25)13-2-4-15(5-3-13)22-16(24)6-8-21-19(26)14-7-11-27-12-14/h2-5,7,9-12H,6,8H2,1H3,(H,21,26)(H,22,24). The zero-order valence-corrected chi connectivity index (χ0v) is 15.5. The number of aryl methyl sites for hydroxylation is 1. The number of carbonyl (C=O) groups is 3. The number of thiophene rings is 1. The molecule has 3 rings (SSSR count). The number of carbonyl (C=O) groups excluding carboxylic acids is 3. The summed E-state index contributed by atoms with van der Waals surface area (Å²) in [5.74, 6) is -0.241. The third-order valence-corrected chi connectivity index (χ3v) is 4.56. The zero-order valence-electron chi connectivity index (χ0n) is 14.6. The zero-order chi connectivity index (χ0) is 19.2. The van der Waals surface area contributed by atoms with Gasteiger partial charge in [-0.1, -0.05) is 0 Å². The second-order valence-corrected chi connectivity index (χ2v) is 6.61. The third kappa shape index (κ3) is 4.68. The van der Waals surface area contributed by atoms with Gasteiger partial charge in [-0.05, 0) is 35.7 Å². The van der Waals surface area contributed by atoms with Crippen LogP contribution in [-0.2, 0) is 11.8 Å². The highest BCUT2D eigenvalue weighted by atomic mass is 32.1. The van der Waals surface area contributed by atoms with Gasteiger partial charge in [0.25, 0.3) is 5.91 Å². The van der Waals surface area contributed by atoms with E-state index in [1.807, 2.05) is 5.38 Å². The molecule has 0 saturated heterocycles. The van der Waals surface area contributed by atoms with Crippen LogP contribution < -0.4 is 10.6 Å². The number of aromatic nitrogens is 2. The molecule has 138 valence electrons. The lowest BCUT2D eigenvalue weighted by atomic mass is 10.1. The minimum Gasteiger partial charge on any atom is -0.351 e. The maximum absolute atomic E-state index is 12.4. The Morgan fingerprint density at radius 1 is 1.11 bits per heavy atom. The van der Waals surface area contributed by atoms with Crippen molar-refractivity contribution in [2.45, 2.75) is 6.42 Å². The lowest BCUT2D eigenvalue weighted by molar-refractivity contribution is -0.116. The number of nitrogens with zero attached hydrogens (tertiary/aromatic N) is 2. The van der Waals surface area contributed by atoms with E-state index in [1.54, 1.807) is 59.7 Å². The summed E-state index contributed by atoms with van der Waals surface area (Å²) in [5.41, 5.74) is 1.67. The molecule has 0 spiro atoms. The summed E-state index contributed by atoms with van der Waals surface area (Å²) in [6, 6.07) is 8.35. The molecule has 27 heavy (non-hydrogen) atoms. The maximum atomic E-state index is 12.4. The molecule has 8 heteroatoms. The largest absolute Gasteiger partial charge is 0.351 e. The van der Waals surface area contributed by atoms with Gasteiger partial charge in [-0.15, -0.1) is 0 Å². The molecule has 0 radical (unpaired) electrons. The van der Waals surface area contributed by atoms with Crippen LogP contribution in [0.4, 0.5) is 5.69 Å². The highest BCUT2D eigenvalue weighted by Crippen LogP contribution is 2.13. The molecule has 1 aromatic carbocycles. The Labute approximate surface area is 160 Å². The van der Waals surface area contributed by atoms with Gasteiger partial charge in [0.2, 0.25) is 11.7 Å². The van der Waals surface area contributed by atoms with Crippen LogP contribution in [0, 0.1) is 0 Å². The van der Waals surface area contributed by atoms with E-state index >= 15 is 0 Å². The van der Waals surface area contributed by atoms with Crippen molar-refractivity contribution in [2.75, 3.05) is 11.9 Å². The van der Waals surface area contributed by atoms with E-state index in [1.165, 1.54) is 11.3 Å². The van der Waals surface area contributed by atoms with Gasteiger partial charge >= 0.3 is 0 Å². The van der Waals surface area contributed by atoms with Gasteiger partial charge in [0.1, 0.15) is 0 Å². The molecular formula is C19H18N4O3S. The summed E-state index contributed by atoms with van der Waals surface area (Å²) < 4.78 is 1.66. The predicted octanol–water partition coefficient (Wildman–Crippen LogP) is 2.47. The highest BCUT2D eigenvalue weighted by Gasteiger charge is 2.13. The van der Waals surface area contributed by atoms with Crippen LogP contribution in [0.2, 0.25) is 0 Å². The van der Waals surface area contributed by atoms with Crippen LogP contribution in [0.1, 0.15) is 33.0 Å². The number of ketones is 1. The number of hydrogen-bond acceptors (Lipinski definition) is 5. The van der Waals surface area contributed by atoms with Crippen LogP contribution in [0.25, 0.3) is 0 Å². The number of amides is 2. The lowest BCUT2D eigenvalue weighted by Crippen LogP contribution is -2.27. The van der Waals surface area contributed by atoms with E-state index in [0.29, 0.717) is 22.6 Å². The molecule has 0 aliphatic heterocycles. The lowest BCUT2D eigenvalue weighted by Gasteiger charge is -2.07. The van der Waals surface area contributed by atoms with Crippen LogP contribution in [0.3, 0.4) is 0 Å². The average Bonchev–Trinajstić information content (AvgIpc) is 3.33. The first-order valence-corrected chi connectivity index (χ1v) is 9.21. The Balaban J connectivity index is 1.49. The van der Waals surface area contributed by atoms with E-state index in [0.717, 1.165) is 0 Å². The Hall–Kier alpha value is -3.26. The first-order chi connectivity index (χ1) is 13.0. The molecule has 7 nitrogen and oxygen atoms in total. The average molecular weight is 382 g/mol. The Bertz CT molecular complexity index is 946. The highest BCUT2D eigenvalue weighted by molar-refractivity contribution is 7.08. The van der Waals surface area contributed by atoms with Crippen molar-refractivity contribution in [2.24, 2.45) is 7.05 Å². The number of hydrogen-bond donors (Lipinski definition) is 2. The van der Waals surface area contributed by atoms with Gasteiger partial charge < -0.3 is 15.2 Å². The molecule has 2 aromatic heterocycles. The number of rotatable bonds is 7. The van der Waals surface area contributed by atoms with Crippen molar-refractivity contribution in [1.82, 2.24) is 14.9 Å². The molecule has 0 aliphatic carbocycles. The predicted molar refractivity (Wildman–Crippen MR) is 103 cm³/mol. The van der Waals surface area contributed by atoms with Gasteiger partial charge in [-0.3, -0.25) is 14.4 Å². The second kappa shape index (κ2) is 8.41. The van der Waals surface area contributed by atoms with Crippen molar-refractivity contribution in [3.8, 4) is 0 Å². The molecule has 2 N–H and O–H groups in total. The van der Waals surface area contributed by atoms with Crippen LogP contribution >= 0.6 is 11.3 Å². The first-order valence-electron chi connectivity index (χ1n) is 8.27. The van der Waals surface area contributed by atoms with Crippen LogP contribution in [-0.4, -0.2) is 33.7 Å². The molecular weight excluding hydrogens is 364 g/mol. The van der Waals surface area contributed by atoms with E-state index in [9.17, 15) is 14.4 Å². The molecule has 0 bridgehead atoms. The first kappa shape index (κ1) is 18.5. The van der Waals surface area contributed by atoms with E-state index < -0.39 is 0 Å². The Morgan fingerprint density at radius 2 is 1.89 bits per heavy atom. The summed E-state index contributed by atoms with van der Waals surface area (Å²) >= 11 is 1.44. The van der Waals surface area contributed by atoms with Gasteiger partial charge in [-0.25, -0.2) is 4.98 Å². The van der Waals surface area contributed by atoms with E-state index in [2.05, 4.69) is 15.6 Å². The number of benzene rings is 1. The molecule has 0 atom stereocenters. The molecule has 0 unspecified atom stereocenters. The minimum absolute atomic E-state index is 0.157. The minimum atomic E-state index is -0.219. The summed E-state index contributed by atoms with van der Waals surface area (Å²) in [6.07, 6.45) is 3.43. The molecule has 3 aromatic rings. The van der Waals surface area contributed by atoms with Crippen LogP contribution in [0.5, 0.6) is 0 Å². The van der Waals surface area contributed by atoms with Gasteiger partial charge in [-0.2, -0.15) is 11.3 Å². The fourth-order valence-electron chi connectivity index (χ4n) is 2.43. The fourth-order valence-corrected chi connectivity index (χ4v) is 3.06. The Morgan fingerprint density at radius 3 is 2.52 bits per heavy atom. The summed E-state index contributed by atoms with van der Waals surface area (Å²) in [4.78, 5) is 40.2. The summed E-state index contributed by atoms with van der Waals surface area (Å²) in [7, 11) is 1.76. The Kier molecular flexibility index (Phi) is 5.77. The number of nitrogens with one attached hydrogen (secondary N) is 2. The topological polar surface area (TPSA) is 93.1 Å². The molecule has 2 amide bonds. The molecule has 0 aliphatic rings. The number of anilines is 1. The third-order valence-electron chi connectivity index (χ3n) is 3.88. The monoisotopic (exact) mass is 382 g/mol. The van der Waals surface area contributed by atoms with Crippen molar-refractivity contribution < 1.29 is 14.4 Å². The molecule has 0 saturated carbocycles. The summed E-state index contributed by atoms with van der Waals surface area (Å²) in [6.45, 7) is 0.246. The van der Waals surface area contributed by atoms with Gasteiger partial charge in [0.15, 0.2) is 5.82 Å². The number of imidazole rings is 1. The molecule has 0 fully saturated rings. The second-order valence-electron chi connectivity index (χ2n) is 5.83. The van der Waals surface area contributed by atoms with Crippen LogP contribution in [0.15, 0.2) is 53.5 Å². The maximum Gasteiger partial charge on any atom is 0.252 e.